The van der Waals surface area contributed by atoms with Gasteiger partial charge in [0.25, 0.3) is 5.91 Å². The Labute approximate surface area is 178 Å². The zero-order chi connectivity index (χ0) is 20.4. The van der Waals surface area contributed by atoms with Gasteiger partial charge in [-0.3, -0.25) is 9.48 Å². The molecular formula is C23H31ClN4O. The Morgan fingerprint density at radius 2 is 1.97 bits per heavy atom. The van der Waals surface area contributed by atoms with Gasteiger partial charge in [0.15, 0.2) is 5.69 Å². The predicted molar refractivity (Wildman–Crippen MR) is 116 cm³/mol. The summed E-state index contributed by atoms with van der Waals surface area (Å²) in [6.07, 6.45) is 5.12. The minimum atomic E-state index is 0.125. The molecule has 29 heavy (non-hydrogen) atoms. The van der Waals surface area contributed by atoms with Crippen molar-refractivity contribution in [2.45, 2.75) is 65.1 Å². The van der Waals surface area contributed by atoms with Crippen LogP contribution in [0.4, 0.5) is 0 Å². The summed E-state index contributed by atoms with van der Waals surface area (Å²) in [4.78, 5) is 15.1. The number of amides is 1. The Bertz CT molecular complexity index is 853. The molecule has 0 bridgehead atoms. The van der Waals surface area contributed by atoms with E-state index in [1.165, 1.54) is 16.8 Å². The summed E-state index contributed by atoms with van der Waals surface area (Å²) >= 11 is 5.99. The topological polar surface area (TPSA) is 50.2 Å². The van der Waals surface area contributed by atoms with E-state index >= 15 is 0 Å². The highest BCUT2D eigenvalue weighted by molar-refractivity contribution is 6.30. The number of nitrogens with one attached hydrogen (secondary N) is 1. The lowest BCUT2D eigenvalue weighted by molar-refractivity contribution is 0.0784. The summed E-state index contributed by atoms with van der Waals surface area (Å²) in [6.45, 7) is 7.82. The highest BCUT2D eigenvalue weighted by Gasteiger charge is 2.32. The van der Waals surface area contributed by atoms with Crippen LogP contribution in [0.25, 0.3) is 0 Å². The van der Waals surface area contributed by atoms with Crippen molar-refractivity contribution in [3.05, 3.63) is 51.8 Å². The van der Waals surface area contributed by atoms with Crippen LogP contribution < -0.4 is 5.32 Å². The number of aromatic nitrogens is 2. The SMILES string of the molecule is CC(C)Cn1nc(C(=O)N2CCCC2)c2c1CC[C@@H](NCc1ccc(Cl)cc1)C2. The number of carbonyl (C=O) groups is 1. The molecule has 0 unspecified atom stereocenters. The van der Waals surface area contributed by atoms with Gasteiger partial charge in [0.2, 0.25) is 0 Å². The third kappa shape index (κ3) is 4.67. The van der Waals surface area contributed by atoms with E-state index in [-0.39, 0.29) is 5.91 Å². The maximum Gasteiger partial charge on any atom is 0.274 e. The fourth-order valence-corrected chi connectivity index (χ4v) is 4.59. The number of fused-ring (bicyclic) bond motifs is 1. The van der Waals surface area contributed by atoms with E-state index < -0.39 is 0 Å². The van der Waals surface area contributed by atoms with Crippen molar-refractivity contribution in [3.8, 4) is 0 Å². The van der Waals surface area contributed by atoms with Gasteiger partial charge in [0.05, 0.1) is 0 Å². The summed E-state index contributed by atoms with van der Waals surface area (Å²) in [5.74, 6) is 0.633. The van der Waals surface area contributed by atoms with E-state index in [1.807, 2.05) is 17.0 Å². The summed E-state index contributed by atoms with van der Waals surface area (Å²) in [5.41, 5.74) is 4.36. The molecule has 0 spiro atoms. The second-order valence-corrected chi connectivity index (χ2v) is 9.23. The molecule has 1 aliphatic heterocycles. The number of carbonyl (C=O) groups excluding carboxylic acids is 1. The normalized spacial score (nSPS) is 19.0. The van der Waals surface area contributed by atoms with Crippen molar-refractivity contribution in [1.82, 2.24) is 20.0 Å². The molecule has 0 saturated carbocycles. The molecule has 4 rings (SSSR count). The first-order valence-electron chi connectivity index (χ1n) is 10.9. The maximum absolute atomic E-state index is 13.2. The number of nitrogens with zero attached hydrogens (tertiary/aromatic N) is 3. The Morgan fingerprint density at radius 3 is 2.66 bits per heavy atom. The molecule has 1 N–H and O–H groups in total. The van der Waals surface area contributed by atoms with Crippen molar-refractivity contribution in [2.24, 2.45) is 5.92 Å². The van der Waals surface area contributed by atoms with Crippen LogP contribution in [0, 0.1) is 5.92 Å². The molecule has 0 radical (unpaired) electrons. The molecule has 1 aromatic heterocycles. The van der Waals surface area contributed by atoms with Gasteiger partial charge in [-0.25, -0.2) is 0 Å². The van der Waals surface area contributed by atoms with Crippen molar-refractivity contribution >= 4 is 17.5 Å². The largest absolute Gasteiger partial charge is 0.337 e. The van der Waals surface area contributed by atoms with Crippen LogP contribution in [0.5, 0.6) is 0 Å². The number of halogens is 1. The molecule has 156 valence electrons. The van der Waals surface area contributed by atoms with E-state index in [1.54, 1.807) is 0 Å². The van der Waals surface area contributed by atoms with Gasteiger partial charge in [-0.15, -0.1) is 0 Å². The van der Waals surface area contributed by atoms with Gasteiger partial charge >= 0.3 is 0 Å². The summed E-state index contributed by atoms with van der Waals surface area (Å²) in [5, 5.41) is 9.26. The Kier molecular flexibility index (Phi) is 6.26. The third-order valence-corrected chi connectivity index (χ3v) is 6.24. The van der Waals surface area contributed by atoms with Crippen molar-refractivity contribution in [1.29, 1.82) is 0 Å². The lowest BCUT2D eigenvalue weighted by Gasteiger charge is -2.25. The quantitative estimate of drug-likeness (QED) is 0.774. The molecule has 6 heteroatoms. The van der Waals surface area contributed by atoms with Crippen LogP contribution in [-0.4, -0.2) is 39.7 Å². The molecule has 1 saturated heterocycles. The van der Waals surface area contributed by atoms with Gasteiger partial charge in [-0.1, -0.05) is 37.6 Å². The van der Waals surface area contributed by atoms with Gasteiger partial charge in [-0.05, 0) is 55.7 Å². The number of benzene rings is 1. The maximum atomic E-state index is 13.2. The smallest absolute Gasteiger partial charge is 0.274 e. The first-order valence-corrected chi connectivity index (χ1v) is 11.2. The average molecular weight is 415 g/mol. The Morgan fingerprint density at radius 1 is 1.24 bits per heavy atom. The van der Waals surface area contributed by atoms with Crippen molar-refractivity contribution in [3.63, 3.8) is 0 Å². The molecular weight excluding hydrogens is 384 g/mol. The molecule has 1 amide bonds. The number of hydrogen-bond acceptors (Lipinski definition) is 3. The van der Waals surface area contributed by atoms with Crippen LogP contribution in [-0.2, 0) is 25.9 Å². The number of rotatable bonds is 6. The van der Waals surface area contributed by atoms with Crippen molar-refractivity contribution < 1.29 is 4.79 Å². The lowest BCUT2D eigenvalue weighted by atomic mass is 9.90. The summed E-state index contributed by atoms with van der Waals surface area (Å²) in [7, 11) is 0. The summed E-state index contributed by atoms with van der Waals surface area (Å²) in [6, 6.07) is 8.35. The molecule has 2 aromatic rings. The summed E-state index contributed by atoms with van der Waals surface area (Å²) < 4.78 is 2.11. The third-order valence-electron chi connectivity index (χ3n) is 5.99. The number of likely N-dealkylation sites (tertiary alicyclic amines) is 1. The van der Waals surface area contributed by atoms with Crippen LogP contribution in [0.1, 0.15) is 60.4 Å². The molecule has 1 atom stereocenters. The Hall–Kier alpha value is -1.85. The molecule has 2 aliphatic rings. The second-order valence-electron chi connectivity index (χ2n) is 8.80. The van der Waals surface area contributed by atoms with Gasteiger partial charge in [-0.2, -0.15) is 5.10 Å². The van der Waals surface area contributed by atoms with Gasteiger partial charge in [0.1, 0.15) is 0 Å². The molecule has 2 heterocycles. The second kappa shape index (κ2) is 8.88. The molecule has 5 nitrogen and oxygen atoms in total. The zero-order valence-electron chi connectivity index (χ0n) is 17.5. The van der Waals surface area contributed by atoms with E-state index in [2.05, 4.69) is 36.0 Å². The van der Waals surface area contributed by atoms with Crippen LogP contribution >= 0.6 is 11.6 Å². The fraction of sp³-hybridized carbons (Fsp3) is 0.565. The first-order chi connectivity index (χ1) is 14.0. The van der Waals surface area contributed by atoms with Crippen LogP contribution in [0.2, 0.25) is 5.02 Å². The fourth-order valence-electron chi connectivity index (χ4n) is 4.47. The minimum Gasteiger partial charge on any atom is -0.337 e. The standard InChI is InChI=1S/C23H31ClN4O/c1-16(2)15-28-21-10-9-19(25-14-17-5-7-18(24)8-6-17)13-20(21)22(26-28)23(29)27-11-3-4-12-27/h5-8,16,19,25H,3-4,9-15H2,1-2H3/t19-/m1/s1. The lowest BCUT2D eigenvalue weighted by Crippen LogP contribution is -2.35. The molecule has 1 aliphatic carbocycles. The van der Waals surface area contributed by atoms with Gasteiger partial charge in [0, 0.05) is 48.5 Å². The minimum absolute atomic E-state index is 0.125. The highest BCUT2D eigenvalue weighted by atomic mass is 35.5. The first kappa shape index (κ1) is 20.4. The monoisotopic (exact) mass is 414 g/mol. The van der Waals surface area contributed by atoms with Gasteiger partial charge < -0.3 is 10.2 Å². The van der Waals surface area contributed by atoms with Crippen LogP contribution in [0.3, 0.4) is 0 Å². The van der Waals surface area contributed by atoms with Crippen LogP contribution in [0.15, 0.2) is 24.3 Å². The average Bonchev–Trinajstić information content (AvgIpc) is 3.35. The molecule has 1 aromatic carbocycles. The molecule has 1 fully saturated rings. The predicted octanol–water partition coefficient (Wildman–Crippen LogP) is 4.08. The zero-order valence-corrected chi connectivity index (χ0v) is 18.2. The van der Waals surface area contributed by atoms with E-state index in [0.29, 0.717) is 17.7 Å². The Balaban J connectivity index is 1.52. The number of hydrogen-bond donors (Lipinski definition) is 1. The van der Waals surface area contributed by atoms with E-state index in [4.69, 9.17) is 16.7 Å². The van der Waals surface area contributed by atoms with E-state index in [9.17, 15) is 4.79 Å². The van der Waals surface area contributed by atoms with Crippen molar-refractivity contribution in [2.75, 3.05) is 13.1 Å². The highest BCUT2D eigenvalue weighted by Crippen LogP contribution is 2.27. The van der Waals surface area contributed by atoms with E-state index in [0.717, 1.165) is 63.3 Å².